The third kappa shape index (κ3) is 5.20. The number of nitrogens with two attached hydrogens (primary N) is 1. The first-order valence-electron chi connectivity index (χ1n) is 10.7. The summed E-state index contributed by atoms with van der Waals surface area (Å²) in [5.41, 5.74) is 7.76. The second-order valence-corrected chi connectivity index (χ2v) is 7.80. The zero-order valence-electron chi connectivity index (χ0n) is 18.1. The van der Waals surface area contributed by atoms with E-state index in [1.165, 1.54) is 7.11 Å². The number of aromatic nitrogens is 3. The number of para-hydroxylation sites is 1. The van der Waals surface area contributed by atoms with E-state index in [1.54, 1.807) is 23.5 Å². The Morgan fingerprint density at radius 2 is 1.66 bits per heavy atom. The zero-order chi connectivity index (χ0) is 22.3. The maximum absolute atomic E-state index is 13.2. The van der Waals surface area contributed by atoms with Crippen molar-refractivity contribution < 1.29 is 14.3 Å². The van der Waals surface area contributed by atoms with Crippen molar-refractivity contribution in [1.82, 2.24) is 15.0 Å². The molecule has 4 rings (SSSR count). The number of hydrogen-bond donors (Lipinski definition) is 1. The van der Waals surface area contributed by atoms with E-state index in [4.69, 9.17) is 15.2 Å². The fraction of sp³-hybridized carbons (Fsp3) is 0.333. The molecule has 0 unspecified atom stereocenters. The molecule has 166 valence electrons. The molecule has 0 saturated heterocycles. The Morgan fingerprint density at radius 1 is 0.969 bits per heavy atom. The molecule has 1 aromatic carbocycles. The van der Waals surface area contributed by atoms with E-state index < -0.39 is 0 Å². The molecule has 1 fully saturated rings. The highest BCUT2D eigenvalue weighted by Crippen LogP contribution is 2.28. The number of hydrogen-bond acceptors (Lipinski definition) is 7. The Balaban J connectivity index is 1.53. The summed E-state index contributed by atoms with van der Waals surface area (Å²) in [6.45, 7) is -0.0533. The smallest absolute Gasteiger partial charge is 0.316 e. The van der Waals surface area contributed by atoms with Gasteiger partial charge in [-0.05, 0) is 49.9 Å². The van der Waals surface area contributed by atoms with Gasteiger partial charge in [0.25, 0.3) is 5.91 Å². The van der Waals surface area contributed by atoms with Gasteiger partial charge < -0.3 is 15.2 Å². The van der Waals surface area contributed by atoms with Gasteiger partial charge in [-0.3, -0.25) is 9.69 Å². The van der Waals surface area contributed by atoms with Crippen LogP contribution in [0.15, 0.2) is 61.1 Å². The summed E-state index contributed by atoms with van der Waals surface area (Å²) < 4.78 is 10.7. The number of pyridine rings is 1. The van der Waals surface area contributed by atoms with Crippen LogP contribution >= 0.6 is 0 Å². The van der Waals surface area contributed by atoms with E-state index in [1.807, 2.05) is 42.5 Å². The Labute approximate surface area is 187 Å². The predicted octanol–water partition coefficient (Wildman–Crippen LogP) is 3.23. The summed E-state index contributed by atoms with van der Waals surface area (Å²) in [5.74, 6) is 1.14. The highest BCUT2D eigenvalue weighted by atomic mass is 16.5. The minimum Gasteiger partial charge on any atom is -0.484 e. The monoisotopic (exact) mass is 433 g/mol. The normalized spacial score (nSPS) is 18.1. The first-order valence-corrected chi connectivity index (χ1v) is 10.7. The van der Waals surface area contributed by atoms with E-state index in [0.29, 0.717) is 17.6 Å². The largest absolute Gasteiger partial charge is 0.484 e. The minimum atomic E-state index is -0.123. The standard InChI is InChI=1S/C24H27N5O3/c1-31-24-27-14-18(15-28-24)17-7-12-22(26-13-17)29(20-10-8-19(25)9-11-20)23(30)16-32-21-5-3-2-4-6-21/h2-7,12-15,19-20H,8-11,16,25H2,1H3/t19-,20-. The minimum absolute atomic E-state index is 0.0457. The lowest BCUT2D eigenvalue weighted by Gasteiger charge is -2.35. The second kappa shape index (κ2) is 10.2. The van der Waals surface area contributed by atoms with Crippen LogP contribution in [0.4, 0.5) is 5.82 Å². The number of ether oxygens (including phenoxy) is 2. The molecule has 1 aliphatic carbocycles. The number of benzene rings is 1. The molecule has 8 heteroatoms. The lowest BCUT2D eigenvalue weighted by Crippen LogP contribution is -2.46. The first kappa shape index (κ1) is 21.7. The Bertz CT molecular complexity index is 1000. The number of anilines is 1. The van der Waals surface area contributed by atoms with E-state index in [9.17, 15) is 4.79 Å². The van der Waals surface area contributed by atoms with Gasteiger partial charge in [-0.2, -0.15) is 0 Å². The van der Waals surface area contributed by atoms with Crippen molar-refractivity contribution in [2.75, 3.05) is 18.6 Å². The van der Waals surface area contributed by atoms with Crippen LogP contribution in [-0.4, -0.2) is 46.7 Å². The topological polar surface area (TPSA) is 103 Å². The molecular formula is C24H27N5O3. The van der Waals surface area contributed by atoms with Crippen molar-refractivity contribution in [2.24, 2.45) is 5.73 Å². The number of carbonyl (C=O) groups is 1. The zero-order valence-corrected chi connectivity index (χ0v) is 18.1. The van der Waals surface area contributed by atoms with Crippen molar-refractivity contribution in [1.29, 1.82) is 0 Å². The molecular weight excluding hydrogens is 406 g/mol. The van der Waals surface area contributed by atoms with Crippen LogP contribution in [0.3, 0.4) is 0 Å². The van der Waals surface area contributed by atoms with Crippen molar-refractivity contribution in [2.45, 2.75) is 37.8 Å². The number of methoxy groups -OCH3 is 1. The second-order valence-electron chi connectivity index (χ2n) is 7.80. The van der Waals surface area contributed by atoms with Crippen molar-refractivity contribution >= 4 is 11.7 Å². The third-order valence-corrected chi connectivity index (χ3v) is 5.62. The average Bonchev–Trinajstić information content (AvgIpc) is 2.85. The molecule has 2 aromatic heterocycles. The quantitative estimate of drug-likeness (QED) is 0.610. The average molecular weight is 434 g/mol. The SMILES string of the molecule is COc1ncc(-c2ccc(N(C(=O)COc3ccccc3)[C@H]3CC[C@H](N)CC3)nc2)cn1. The van der Waals surface area contributed by atoms with Crippen LogP contribution in [0.5, 0.6) is 11.8 Å². The summed E-state index contributed by atoms with van der Waals surface area (Å²) >= 11 is 0. The van der Waals surface area contributed by atoms with Gasteiger partial charge in [0, 0.05) is 41.8 Å². The molecule has 1 aliphatic rings. The molecule has 1 saturated carbocycles. The van der Waals surface area contributed by atoms with Crippen LogP contribution in [0.25, 0.3) is 11.1 Å². The van der Waals surface area contributed by atoms with E-state index in [2.05, 4.69) is 15.0 Å². The van der Waals surface area contributed by atoms with Gasteiger partial charge in [0.05, 0.1) is 7.11 Å². The highest BCUT2D eigenvalue weighted by Gasteiger charge is 2.30. The fourth-order valence-electron chi connectivity index (χ4n) is 3.88. The molecule has 2 N–H and O–H groups in total. The van der Waals surface area contributed by atoms with Gasteiger partial charge >= 0.3 is 6.01 Å². The van der Waals surface area contributed by atoms with Crippen molar-refractivity contribution in [3.8, 4) is 22.9 Å². The molecule has 2 heterocycles. The Kier molecular flexibility index (Phi) is 6.91. The molecule has 0 atom stereocenters. The number of rotatable bonds is 7. The van der Waals surface area contributed by atoms with Crippen molar-refractivity contribution in [3.63, 3.8) is 0 Å². The molecule has 1 amide bonds. The van der Waals surface area contributed by atoms with Gasteiger partial charge in [-0.25, -0.2) is 15.0 Å². The molecule has 0 radical (unpaired) electrons. The summed E-state index contributed by atoms with van der Waals surface area (Å²) in [7, 11) is 1.52. The molecule has 0 spiro atoms. The Morgan fingerprint density at radius 3 is 2.28 bits per heavy atom. The summed E-state index contributed by atoms with van der Waals surface area (Å²) in [5, 5.41) is 0. The lowest BCUT2D eigenvalue weighted by molar-refractivity contribution is -0.121. The maximum atomic E-state index is 13.2. The highest BCUT2D eigenvalue weighted by molar-refractivity contribution is 5.94. The van der Waals surface area contributed by atoms with E-state index >= 15 is 0 Å². The van der Waals surface area contributed by atoms with Gasteiger partial charge in [-0.15, -0.1) is 0 Å². The van der Waals surface area contributed by atoms with Crippen molar-refractivity contribution in [3.05, 3.63) is 61.1 Å². The van der Waals surface area contributed by atoms with Gasteiger partial charge in [0.15, 0.2) is 6.61 Å². The predicted molar refractivity (Wildman–Crippen MR) is 121 cm³/mol. The van der Waals surface area contributed by atoms with Crippen LogP contribution in [-0.2, 0) is 4.79 Å². The summed E-state index contributed by atoms with van der Waals surface area (Å²) in [6.07, 6.45) is 8.54. The molecule has 3 aromatic rings. The van der Waals surface area contributed by atoms with Crippen LogP contribution < -0.4 is 20.1 Å². The van der Waals surface area contributed by atoms with E-state index in [0.717, 1.165) is 36.8 Å². The molecule has 32 heavy (non-hydrogen) atoms. The van der Waals surface area contributed by atoms with Gasteiger partial charge in [-0.1, -0.05) is 18.2 Å². The van der Waals surface area contributed by atoms with Crippen LogP contribution in [0, 0.1) is 0 Å². The summed E-state index contributed by atoms with van der Waals surface area (Å²) in [4.78, 5) is 27.9. The number of carbonyl (C=O) groups excluding carboxylic acids is 1. The number of amides is 1. The third-order valence-electron chi connectivity index (χ3n) is 5.62. The van der Waals surface area contributed by atoms with Crippen LogP contribution in [0.2, 0.25) is 0 Å². The van der Waals surface area contributed by atoms with Gasteiger partial charge in [0.1, 0.15) is 11.6 Å². The molecule has 8 nitrogen and oxygen atoms in total. The van der Waals surface area contributed by atoms with Gasteiger partial charge in [0.2, 0.25) is 0 Å². The fourth-order valence-corrected chi connectivity index (χ4v) is 3.88. The lowest BCUT2D eigenvalue weighted by atomic mass is 9.90. The number of nitrogens with zero attached hydrogens (tertiary/aromatic N) is 4. The summed E-state index contributed by atoms with van der Waals surface area (Å²) in [6, 6.07) is 13.7. The molecule has 0 bridgehead atoms. The van der Waals surface area contributed by atoms with E-state index in [-0.39, 0.29) is 24.6 Å². The van der Waals surface area contributed by atoms with Crippen LogP contribution in [0.1, 0.15) is 25.7 Å². The maximum Gasteiger partial charge on any atom is 0.316 e. The molecule has 0 aliphatic heterocycles. The Hall–Kier alpha value is -3.52. The first-order chi connectivity index (χ1) is 15.6.